The summed E-state index contributed by atoms with van der Waals surface area (Å²) in [6.07, 6.45) is 2.07. The normalized spacial score (nSPS) is 18.0. The third-order valence-electron chi connectivity index (χ3n) is 4.47. The molecule has 122 valence electrons. The van der Waals surface area contributed by atoms with Crippen LogP contribution < -0.4 is 0 Å². The van der Waals surface area contributed by atoms with Crippen molar-refractivity contribution in [3.63, 3.8) is 0 Å². The molecule has 0 N–H and O–H groups in total. The number of benzene rings is 2. The SMILES string of the molecule is O=C(c1ccccc1Cl)N1CCC[C@@H](c2nc3ccccc3s2)C1. The minimum atomic E-state index is 0.0198. The van der Waals surface area contributed by atoms with Gasteiger partial charge in [0.15, 0.2) is 0 Å². The highest BCUT2D eigenvalue weighted by Crippen LogP contribution is 2.33. The van der Waals surface area contributed by atoms with Gasteiger partial charge in [0.25, 0.3) is 5.91 Å². The Labute approximate surface area is 149 Å². The maximum Gasteiger partial charge on any atom is 0.255 e. The molecule has 3 nitrogen and oxygen atoms in total. The fourth-order valence-corrected chi connectivity index (χ4v) is 4.54. The zero-order valence-corrected chi connectivity index (χ0v) is 14.7. The van der Waals surface area contributed by atoms with E-state index in [4.69, 9.17) is 16.6 Å². The highest BCUT2D eigenvalue weighted by Gasteiger charge is 2.28. The Bertz CT molecular complexity index is 859. The van der Waals surface area contributed by atoms with Crippen molar-refractivity contribution in [2.24, 2.45) is 0 Å². The minimum Gasteiger partial charge on any atom is -0.338 e. The van der Waals surface area contributed by atoms with Crippen LogP contribution in [-0.4, -0.2) is 28.9 Å². The van der Waals surface area contributed by atoms with E-state index in [-0.39, 0.29) is 5.91 Å². The summed E-state index contributed by atoms with van der Waals surface area (Å²) >= 11 is 7.93. The first kappa shape index (κ1) is 15.6. The van der Waals surface area contributed by atoms with Crippen molar-refractivity contribution in [3.05, 3.63) is 64.1 Å². The van der Waals surface area contributed by atoms with Gasteiger partial charge in [0.1, 0.15) is 0 Å². The zero-order valence-electron chi connectivity index (χ0n) is 13.1. The highest BCUT2D eigenvalue weighted by atomic mass is 35.5. The Morgan fingerprint density at radius 3 is 2.79 bits per heavy atom. The van der Waals surface area contributed by atoms with Crippen LogP contribution in [0.15, 0.2) is 48.5 Å². The quantitative estimate of drug-likeness (QED) is 0.649. The summed E-state index contributed by atoms with van der Waals surface area (Å²) in [5.41, 5.74) is 1.64. The zero-order chi connectivity index (χ0) is 16.5. The van der Waals surface area contributed by atoms with Gasteiger partial charge in [0.2, 0.25) is 0 Å². The lowest BCUT2D eigenvalue weighted by atomic mass is 9.98. The van der Waals surface area contributed by atoms with Crippen molar-refractivity contribution in [2.75, 3.05) is 13.1 Å². The first-order valence-corrected chi connectivity index (χ1v) is 9.31. The average Bonchev–Trinajstić information content (AvgIpc) is 3.06. The Balaban J connectivity index is 1.57. The minimum absolute atomic E-state index is 0.0198. The van der Waals surface area contributed by atoms with Crippen molar-refractivity contribution in [1.29, 1.82) is 0 Å². The fraction of sp³-hybridized carbons (Fsp3) is 0.263. The summed E-state index contributed by atoms with van der Waals surface area (Å²) in [7, 11) is 0. The topological polar surface area (TPSA) is 33.2 Å². The van der Waals surface area contributed by atoms with E-state index in [1.807, 2.05) is 35.2 Å². The van der Waals surface area contributed by atoms with E-state index in [0.29, 0.717) is 23.0 Å². The van der Waals surface area contributed by atoms with E-state index >= 15 is 0 Å². The summed E-state index contributed by atoms with van der Waals surface area (Å²) in [5.74, 6) is 0.328. The maximum atomic E-state index is 12.8. The predicted octanol–water partition coefficient (Wildman–Crippen LogP) is 4.97. The first-order chi connectivity index (χ1) is 11.7. The van der Waals surface area contributed by atoms with Crippen LogP contribution in [0, 0.1) is 0 Å². The fourth-order valence-electron chi connectivity index (χ4n) is 3.23. The Morgan fingerprint density at radius 2 is 1.96 bits per heavy atom. The van der Waals surface area contributed by atoms with E-state index in [0.717, 1.165) is 29.9 Å². The van der Waals surface area contributed by atoms with Gasteiger partial charge >= 0.3 is 0 Å². The molecule has 1 amide bonds. The molecule has 5 heteroatoms. The van der Waals surface area contributed by atoms with Crippen LogP contribution >= 0.6 is 22.9 Å². The second-order valence-electron chi connectivity index (χ2n) is 6.09. The molecule has 0 spiro atoms. The van der Waals surface area contributed by atoms with Crippen molar-refractivity contribution < 1.29 is 4.79 Å². The molecule has 24 heavy (non-hydrogen) atoms. The molecule has 0 saturated carbocycles. The van der Waals surface area contributed by atoms with Crippen LogP contribution in [0.25, 0.3) is 10.2 Å². The molecule has 1 fully saturated rings. The van der Waals surface area contributed by atoms with Gasteiger partial charge in [0.05, 0.1) is 25.8 Å². The average molecular weight is 357 g/mol. The van der Waals surface area contributed by atoms with Crippen LogP contribution in [0.3, 0.4) is 0 Å². The van der Waals surface area contributed by atoms with Crippen molar-refractivity contribution >= 4 is 39.1 Å². The lowest BCUT2D eigenvalue weighted by molar-refractivity contribution is 0.0707. The lowest BCUT2D eigenvalue weighted by Crippen LogP contribution is -2.39. The molecular weight excluding hydrogens is 340 g/mol. The third-order valence-corrected chi connectivity index (χ3v) is 6.00. The number of carbonyl (C=O) groups excluding carboxylic acids is 1. The molecule has 0 radical (unpaired) electrons. The number of rotatable bonds is 2. The monoisotopic (exact) mass is 356 g/mol. The van der Waals surface area contributed by atoms with Crippen LogP contribution in [0.1, 0.15) is 34.1 Å². The van der Waals surface area contributed by atoms with E-state index in [9.17, 15) is 4.79 Å². The van der Waals surface area contributed by atoms with Gasteiger partial charge in [-0.05, 0) is 37.1 Å². The lowest BCUT2D eigenvalue weighted by Gasteiger charge is -2.32. The number of piperidine rings is 1. The largest absolute Gasteiger partial charge is 0.338 e. The number of amides is 1. The van der Waals surface area contributed by atoms with Gasteiger partial charge < -0.3 is 4.90 Å². The van der Waals surface area contributed by atoms with Crippen molar-refractivity contribution in [3.8, 4) is 0 Å². The number of nitrogens with zero attached hydrogens (tertiary/aromatic N) is 2. The third kappa shape index (κ3) is 2.92. The van der Waals surface area contributed by atoms with Gasteiger partial charge in [-0.2, -0.15) is 0 Å². The van der Waals surface area contributed by atoms with Crippen LogP contribution in [0.2, 0.25) is 5.02 Å². The number of hydrogen-bond donors (Lipinski definition) is 0. The standard InChI is InChI=1S/C19H17ClN2OS/c20-15-8-2-1-7-14(15)19(23)22-11-5-6-13(12-22)18-21-16-9-3-4-10-17(16)24-18/h1-4,7-10,13H,5-6,11-12H2/t13-/m1/s1. The summed E-state index contributed by atoms with van der Waals surface area (Å²) < 4.78 is 1.21. The number of fused-ring (bicyclic) bond motifs is 1. The Kier molecular flexibility index (Phi) is 4.25. The van der Waals surface area contributed by atoms with Gasteiger partial charge in [-0.1, -0.05) is 35.9 Å². The molecule has 1 aliphatic rings. The summed E-state index contributed by atoms with van der Waals surface area (Å²) in [4.78, 5) is 19.5. The number of thiazole rings is 1. The van der Waals surface area contributed by atoms with Crippen LogP contribution in [0.4, 0.5) is 0 Å². The summed E-state index contributed by atoms with van der Waals surface area (Å²) in [6.45, 7) is 1.50. The number of carbonyl (C=O) groups is 1. The van der Waals surface area contributed by atoms with E-state index in [1.165, 1.54) is 4.70 Å². The molecule has 0 aliphatic carbocycles. The molecule has 1 aromatic heterocycles. The summed E-state index contributed by atoms with van der Waals surface area (Å²) in [6, 6.07) is 15.5. The van der Waals surface area contributed by atoms with E-state index < -0.39 is 0 Å². The Morgan fingerprint density at radius 1 is 1.17 bits per heavy atom. The molecular formula is C19H17ClN2OS. The van der Waals surface area contributed by atoms with Crippen LogP contribution in [0.5, 0.6) is 0 Å². The molecule has 0 bridgehead atoms. The molecule has 0 unspecified atom stereocenters. The Hall–Kier alpha value is -1.91. The first-order valence-electron chi connectivity index (χ1n) is 8.11. The number of halogens is 1. The van der Waals surface area contributed by atoms with Crippen molar-refractivity contribution in [2.45, 2.75) is 18.8 Å². The molecule has 4 rings (SSSR count). The second-order valence-corrected chi connectivity index (χ2v) is 7.56. The molecule has 1 atom stereocenters. The van der Waals surface area contributed by atoms with Gasteiger partial charge in [-0.3, -0.25) is 4.79 Å². The molecule has 1 aliphatic heterocycles. The number of para-hydroxylation sites is 1. The van der Waals surface area contributed by atoms with E-state index in [2.05, 4.69) is 6.07 Å². The highest BCUT2D eigenvalue weighted by molar-refractivity contribution is 7.18. The molecule has 2 heterocycles. The van der Waals surface area contributed by atoms with Crippen molar-refractivity contribution in [1.82, 2.24) is 9.88 Å². The van der Waals surface area contributed by atoms with Gasteiger partial charge in [-0.25, -0.2) is 4.98 Å². The summed E-state index contributed by atoms with van der Waals surface area (Å²) in [5, 5.41) is 1.65. The predicted molar refractivity (Wildman–Crippen MR) is 99.0 cm³/mol. The second kappa shape index (κ2) is 6.54. The smallest absolute Gasteiger partial charge is 0.255 e. The number of likely N-dealkylation sites (tertiary alicyclic amines) is 1. The van der Waals surface area contributed by atoms with Crippen LogP contribution in [-0.2, 0) is 0 Å². The molecule has 3 aromatic rings. The molecule has 1 saturated heterocycles. The maximum absolute atomic E-state index is 12.8. The van der Waals surface area contributed by atoms with Gasteiger partial charge in [-0.15, -0.1) is 11.3 Å². The molecule has 2 aromatic carbocycles. The number of hydrogen-bond acceptors (Lipinski definition) is 3. The van der Waals surface area contributed by atoms with E-state index in [1.54, 1.807) is 23.5 Å². The number of aromatic nitrogens is 1. The van der Waals surface area contributed by atoms with Gasteiger partial charge in [0, 0.05) is 19.0 Å².